The second-order valence-corrected chi connectivity index (χ2v) is 8.93. The number of carbonyl (C=O) groups is 2. The van der Waals surface area contributed by atoms with Crippen molar-refractivity contribution in [2.75, 3.05) is 11.9 Å². The Hall–Kier alpha value is -3.45. The molecule has 0 saturated heterocycles. The number of rotatable bonds is 7. The Balaban J connectivity index is 1.99. The molecular weight excluding hydrogens is 477 g/mol. The van der Waals surface area contributed by atoms with Gasteiger partial charge in [0, 0.05) is 31.3 Å². The van der Waals surface area contributed by atoms with Crippen LogP contribution in [-0.4, -0.2) is 34.8 Å². The molecule has 0 aromatic heterocycles. The lowest BCUT2D eigenvalue weighted by Crippen LogP contribution is -2.59. The number of alkyl halides is 3. The summed E-state index contributed by atoms with van der Waals surface area (Å²) in [7, 11) is 1.54. The molecule has 1 aromatic carbocycles. The van der Waals surface area contributed by atoms with E-state index in [0.29, 0.717) is 31.4 Å². The minimum absolute atomic E-state index is 0.147. The smallest absolute Gasteiger partial charge is 0.370 e. The van der Waals surface area contributed by atoms with Crippen LogP contribution in [0.25, 0.3) is 0 Å². The Morgan fingerprint density at radius 3 is 2.57 bits per heavy atom. The molecule has 0 spiro atoms. The fourth-order valence-electron chi connectivity index (χ4n) is 4.12. The summed E-state index contributed by atoms with van der Waals surface area (Å²) in [5, 5.41) is 9.26. The maximum absolute atomic E-state index is 13.5. The lowest BCUT2D eigenvalue weighted by molar-refractivity contribution is -0.137. The largest absolute Gasteiger partial charge is 0.417 e. The van der Waals surface area contributed by atoms with Gasteiger partial charge >= 0.3 is 6.18 Å². The Kier molecular flexibility index (Phi) is 7.80. The zero-order chi connectivity index (χ0) is 25.8. The summed E-state index contributed by atoms with van der Waals surface area (Å²) in [6, 6.07) is 4.97. The second-order valence-electron chi connectivity index (χ2n) is 8.56. The molecule has 0 aliphatic heterocycles. The number of thiocarbonyl (C=S) groups is 1. The van der Waals surface area contributed by atoms with Crippen molar-refractivity contribution in [3.8, 4) is 6.07 Å². The lowest BCUT2D eigenvalue weighted by atomic mass is 9.76. The van der Waals surface area contributed by atoms with Crippen molar-refractivity contribution in [2.24, 2.45) is 5.73 Å². The Morgan fingerprint density at radius 2 is 2.03 bits per heavy atom. The average molecular weight is 503 g/mol. The van der Waals surface area contributed by atoms with Crippen molar-refractivity contribution < 1.29 is 22.8 Å². The molecule has 1 fully saturated rings. The van der Waals surface area contributed by atoms with Gasteiger partial charge in [0.1, 0.15) is 11.8 Å². The van der Waals surface area contributed by atoms with E-state index < -0.39 is 28.7 Å². The van der Waals surface area contributed by atoms with Crippen LogP contribution in [0, 0.1) is 11.3 Å². The van der Waals surface area contributed by atoms with E-state index in [1.54, 1.807) is 11.0 Å². The third kappa shape index (κ3) is 5.62. The van der Waals surface area contributed by atoms with Gasteiger partial charge < -0.3 is 20.3 Å². The standard InChI is InChI=1S/C25H25F3N4O2S/c1-31(20-10-8-18(15-29)21(14-20)25(26,27)28)23(35)32(24(16-33)12-3-13-24)19-5-2-4-17(6-9-19)7-11-22(30)34/h2,4,6,8-10,14,16H,3,5,7,11-13H2,1H3,(H2,30,34). The number of nitrogens with two attached hydrogens (primary N) is 1. The number of nitriles is 1. The van der Waals surface area contributed by atoms with Crippen molar-refractivity contribution in [3.63, 3.8) is 0 Å². The molecular formula is C25H25F3N4O2S. The number of halogens is 3. The number of anilines is 1. The van der Waals surface area contributed by atoms with Gasteiger partial charge in [0.05, 0.1) is 17.2 Å². The summed E-state index contributed by atoms with van der Waals surface area (Å²) in [5.41, 5.74) is 4.56. The van der Waals surface area contributed by atoms with E-state index in [0.717, 1.165) is 30.4 Å². The van der Waals surface area contributed by atoms with Crippen LogP contribution in [0.1, 0.15) is 49.7 Å². The predicted octanol–water partition coefficient (Wildman–Crippen LogP) is 4.76. The van der Waals surface area contributed by atoms with Gasteiger partial charge in [-0.15, -0.1) is 0 Å². The van der Waals surface area contributed by atoms with Crippen molar-refractivity contribution in [1.29, 1.82) is 5.26 Å². The van der Waals surface area contributed by atoms with Crippen molar-refractivity contribution in [2.45, 2.75) is 50.2 Å². The SMILES string of the molecule is CN(C(=S)N(C1=CC=C(CCC(N)=O)C=CC1)C1(C=O)CCC1)c1ccc(C#N)c(C(F)(F)F)c1. The van der Waals surface area contributed by atoms with Crippen LogP contribution in [0.15, 0.2) is 53.8 Å². The molecule has 0 bridgehead atoms. The summed E-state index contributed by atoms with van der Waals surface area (Å²) >= 11 is 5.73. The van der Waals surface area contributed by atoms with Gasteiger partial charge in [0.15, 0.2) is 5.11 Å². The highest BCUT2D eigenvalue weighted by atomic mass is 32.1. The first-order valence-electron chi connectivity index (χ1n) is 11.0. The van der Waals surface area contributed by atoms with Crippen LogP contribution in [-0.2, 0) is 15.8 Å². The van der Waals surface area contributed by atoms with Gasteiger partial charge in [0.2, 0.25) is 5.91 Å². The number of aldehydes is 1. The lowest BCUT2D eigenvalue weighted by Gasteiger charge is -2.49. The first-order valence-corrected chi connectivity index (χ1v) is 11.4. The number of primary amides is 1. The molecule has 0 unspecified atom stereocenters. The molecule has 6 nitrogen and oxygen atoms in total. The number of hydrogen-bond donors (Lipinski definition) is 1. The van der Waals surface area contributed by atoms with Gasteiger partial charge in [-0.1, -0.05) is 18.2 Å². The van der Waals surface area contributed by atoms with E-state index >= 15 is 0 Å². The molecule has 184 valence electrons. The topological polar surface area (TPSA) is 90.4 Å². The number of carbonyl (C=O) groups excluding carboxylic acids is 2. The molecule has 1 saturated carbocycles. The summed E-state index contributed by atoms with van der Waals surface area (Å²) < 4.78 is 40.6. The number of allylic oxidation sites excluding steroid dienone is 5. The van der Waals surface area contributed by atoms with E-state index in [2.05, 4.69) is 0 Å². The highest BCUT2D eigenvalue weighted by Gasteiger charge is 2.46. The monoisotopic (exact) mass is 502 g/mol. The minimum atomic E-state index is -4.71. The van der Waals surface area contributed by atoms with Crippen molar-refractivity contribution >= 4 is 35.2 Å². The van der Waals surface area contributed by atoms with Crippen LogP contribution < -0.4 is 10.6 Å². The summed E-state index contributed by atoms with van der Waals surface area (Å²) in [6.07, 6.45) is 6.59. The number of benzene rings is 1. The first-order chi connectivity index (χ1) is 16.5. The zero-order valence-corrected chi connectivity index (χ0v) is 20.0. The normalized spacial score (nSPS) is 16.7. The Morgan fingerprint density at radius 1 is 1.31 bits per heavy atom. The molecule has 2 aliphatic carbocycles. The van der Waals surface area contributed by atoms with Gasteiger partial charge in [-0.25, -0.2) is 0 Å². The molecule has 35 heavy (non-hydrogen) atoms. The molecule has 3 rings (SSSR count). The van der Waals surface area contributed by atoms with Crippen LogP contribution in [0.5, 0.6) is 0 Å². The fourth-order valence-corrected chi connectivity index (χ4v) is 4.53. The van der Waals surface area contributed by atoms with E-state index in [-0.39, 0.29) is 17.2 Å². The number of nitrogens with zero attached hydrogens (tertiary/aromatic N) is 3. The molecule has 1 aromatic rings. The average Bonchev–Trinajstić information content (AvgIpc) is 3.03. The van der Waals surface area contributed by atoms with E-state index in [1.165, 1.54) is 18.0 Å². The zero-order valence-electron chi connectivity index (χ0n) is 19.1. The summed E-state index contributed by atoms with van der Waals surface area (Å²) in [5.74, 6) is -0.410. The van der Waals surface area contributed by atoms with E-state index in [4.69, 9.17) is 23.2 Å². The number of hydrogen-bond acceptors (Lipinski definition) is 4. The second kappa shape index (κ2) is 10.4. The maximum Gasteiger partial charge on any atom is 0.417 e. The third-order valence-corrected chi connectivity index (χ3v) is 6.73. The first kappa shape index (κ1) is 26.2. The fraction of sp³-hybridized carbons (Fsp3) is 0.360. The molecule has 1 amide bonds. The van der Waals surface area contributed by atoms with Gasteiger partial charge in [-0.2, -0.15) is 18.4 Å². The van der Waals surface area contributed by atoms with E-state index in [9.17, 15) is 22.8 Å². The minimum Gasteiger partial charge on any atom is -0.370 e. The number of amides is 1. The molecule has 2 N–H and O–H groups in total. The quantitative estimate of drug-likeness (QED) is 0.427. The van der Waals surface area contributed by atoms with Gasteiger partial charge in [-0.05, 0) is 67.7 Å². The molecule has 10 heteroatoms. The van der Waals surface area contributed by atoms with E-state index in [1.807, 2.05) is 24.3 Å². The molecule has 0 radical (unpaired) electrons. The van der Waals surface area contributed by atoms with Crippen LogP contribution in [0.2, 0.25) is 0 Å². The molecule has 0 heterocycles. The van der Waals surface area contributed by atoms with Gasteiger partial charge in [-0.3, -0.25) is 4.79 Å². The van der Waals surface area contributed by atoms with Crippen LogP contribution >= 0.6 is 12.2 Å². The highest BCUT2D eigenvalue weighted by Crippen LogP contribution is 2.41. The maximum atomic E-state index is 13.5. The van der Waals surface area contributed by atoms with Crippen molar-refractivity contribution in [3.05, 3.63) is 64.9 Å². The molecule has 0 atom stereocenters. The Labute approximate surface area is 207 Å². The van der Waals surface area contributed by atoms with Gasteiger partial charge in [0.25, 0.3) is 0 Å². The third-order valence-electron chi connectivity index (χ3n) is 6.27. The molecule has 2 aliphatic rings. The van der Waals surface area contributed by atoms with Crippen LogP contribution in [0.4, 0.5) is 18.9 Å². The van der Waals surface area contributed by atoms with Crippen LogP contribution in [0.3, 0.4) is 0 Å². The summed E-state index contributed by atoms with van der Waals surface area (Å²) in [6.45, 7) is 0. The van der Waals surface area contributed by atoms with Crippen molar-refractivity contribution in [1.82, 2.24) is 4.90 Å². The Bertz CT molecular complexity index is 1160. The highest BCUT2D eigenvalue weighted by molar-refractivity contribution is 7.80. The summed E-state index contributed by atoms with van der Waals surface area (Å²) in [4.78, 5) is 26.5. The predicted molar refractivity (Wildman–Crippen MR) is 130 cm³/mol.